The number of nitrogens with one attached hydrogen (secondary N) is 2. The predicted octanol–water partition coefficient (Wildman–Crippen LogP) is 0.629. The van der Waals surface area contributed by atoms with E-state index in [2.05, 4.69) is 15.6 Å². The monoisotopic (exact) mass is 308 g/mol. The van der Waals surface area contributed by atoms with Crippen LogP contribution in [0, 0.1) is 5.41 Å². The number of hydrogen-bond acceptors (Lipinski definition) is 5. The normalized spacial score (nSPS) is 19.4. The van der Waals surface area contributed by atoms with Crippen LogP contribution in [-0.2, 0) is 9.59 Å². The Morgan fingerprint density at radius 3 is 2.48 bits per heavy atom. The number of amides is 3. The second kappa shape index (κ2) is 5.10. The Morgan fingerprint density at radius 1 is 1.29 bits per heavy atom. The van der Waals surface area contributed by atoms with E-state index in [9.17, 15) is 14.4 Å². The van der Waals surface area contributed by atoms with Crippen LogP contribution in [0.4, 0.5) is 5.00 Å². The zero-order valence-electron chi connectivity index (χ0n) is 11.3. The van der Waals surface area contributed by atoms with E-state index in [0.29, 0.717) is 17.8 Å². The smallest absolute Gasteiger partial charge is 0.277 e. The second-order valence-corrected chi connectivity index (χ2v) is 6.56. The molecule has 3 rings (SSSR count). The first-order chi connectivity index (χ1) is 10.0. The summed E-state index contributed by atoms with van der Waals surface area (Å²) in [5, 5.41) is 6.15. The molecular formula is C13H16N4O3S. The molecule has 2 aliphatic carbocycles. The highest BCUT2D eigenvalue weighted by Crippen LogP contribution is 2.43. The van der Waals surface area contributed by atoms with Gasteiger partial charge in [0.25, 0.3) is 5.91 Å². The lowest BCUT2D eigenvalue weighted by atomic mass is 9.67. The lowest BCUT2D eigenvalue weighted by Crippen LogP contribution is -2.53. The van der Waals surface area contributed by atoms with Crippen LogP contribution >= 0.6 is 11.3 Å². The number of nitrogens with zero attached hydrogens (tertiary/aromatic N) is 1. The van der Waals surface area contributed by atoms with Crippen LogP contribution in [0.2, 0.25) is 0 Å². The first-order valence-corrected chi connectivity index (χ1v) is 7.71. The number of hydrogen-bond donors (Lipinski definition) is 3. The molecule has 8 heteroatoms. The molecule has 1 aromatic rings. The van der Waals surface area contributed by atoms with Crippen LogP contribution in [0.15, 0.2) is 6.20 Å². The van der Waals surface area contributed by atoms with Crippen molar-refractivity contribution in [1.29, 1.82) is 0 Å². The van der Waals surface area contributed by atoms with Gasteiger partial charge in [-0.05, 0) is 25.7 Å². The average molecular weight is 308 g/mol. The van der Waals surface area contributed by atoms with E-state index in [0.717, 1.165) is 30.6 Å². The molecule has 3 amide bonds. The van der Waals surface area contributed by atoms with Crippen molar-refractivity contribution in [3.05, 3.63) is 11.2 Å². The third-order valence-electron chi connectivity index (χ3n) is 3.94. The van der Waals surface area contributed by atoms with Crippen molar-refractivity contribution < 1.29 is 14.4 Å². The molecule has 21 heavy (non-hydrogen) atoms. The Kier molecular flexibility index (Phi) is 3.40. The molecule has 0 aromatic carbocycles. The van der Waals surface area contributed by atoms with E-state index < -0.39 is 11.3 Å². The van der Waals surface area contributed by atoms with E-state index in [1.165, 1.54) is 6.20 Å². The van der Waals surface area contributed by atoms with Crippen LogP contribution in [0.3, 0.4) is 0 Å². The fourth-order valence-corrected chi connectivity index (χ4v) is 2.98. The number of thiazole rings is 1. The topological polar surface area (TPSA) is 114 Å². The van der Waals surface area contributed by atoms with Gasteiger partial charge in [-0.1, -0.05) is 17.8 Å². The van der Waals surface area contributed by atoms with Crippen LogP contribution in [0.25, 0.3) is 0 Å². The van der Waals surface area contributed by atoms with E-state index in [4.69, 9.17) is 5.73 Å². The highest BCUT2D eigenvalue weighted by Gasteiger charge is 2.51. The molecule has 0 saturated heterocycles. The molecular weight excluding hydrogens is 292 g/mol. The van der Waals surface area contributed by atoms with Gasteiger partial charge in [-0.15, -0.1) is 0 Å². The van der Waals surface area contributed by atoms with Crippen molar-refractivity contribution in [3.63, 3.8) is 0 Å². The number of carbonyl (C=O) groups is 3. The van der Waals surface area contributed by atoms with Crippen molar-refractivity contribution in [1.82, 2.24) is 10.3 Å². The molecule has 1 aromatic heterocycles. The Morgan fingerprint density at radius 2 is 2.00 bits per heavy atom. The minimum atomic E-state index is -0.973. The summed E-state index contributed by atoms with van der Waals surface area (Å²) in [6, 6.07) is 0.229. The fourth-order valence-electron chi connectivity index (χ4n) is 2.32. The minimum Gasteiger partial charge on any atom is -0.364 e. The average Bonchev–Trinajstić information content (AvgIpc) is 3.03. The molecule has 0 bridgehead atoms. The van der Waals surface area contributed by atoms with Crippen molar-refractivity contribution >= 4 is 34.1 Å². The molecule has 0 atom stereocenters. The van der Waals surface area contributed by atoms with Gasteiger partial charge in [-0.2, -0.15) is 0 Å². The third-order valence-corrected chi connectivity index (χ3v) is 4.87. The number of aromatic nitrogens is 1. The summed E-state index contributed by atoms with van der Waals surface area (Å²) in [4.78, 5) is 39.5. The highest BCUT2D eigenvalue weighted by atomic mass is 32.1. The fraction of sp³-hybridized carbons (Fsp3) is 0.538. The maximum Gasteiger partial charge on any atom is 0.277 e. The first kappa shape index (κ1) is 14.0. The molecule has 7 nitrogen and oxygen atoms in total. The number of nitrogens with two attached hydrogens (primary N) is 1. The molecule has 112 valence electrons. The molecule has 0 unspecified atom stereocenters. The van der Waals surface area contributed by atoms with E-state index in [-0.39, 0.29) is 22.9 Å². The number of rotatable bonds is 5. The molecule has 2 aliphatic rings. The summed E-state index contributed by atoms with van der Waals surface area (Å²) in [7, 11) is 0. The Balaban J connectivity index is 1.69. The zero-order valence-corrected chi connectivity index (χ0v) is 12.2. The van der Waals surface area contributed by atoms with Gasteiger partial charge in [0.15, 0.2) is 5.01 Å². The van der Waals surface area contributed by atoms with E-state index in [1.807, 2.05) is 0 Å². The molecule has 2 fully saturated rings. The van der Waals surface area contributed by atoms with Gasteiger partial charge >= 0.3 is 0 Å². The van der Waals surface area contributed by atoms with Crippen molar-refractivity contribution in [2.45, 2.75) is 38.1 Å². The van der Waals surface area contributed by atoms with Gasteiger partial charge in [0, 0.05) is 6.04 Å². The minimum absolute atomic E-state index is 0.135. The zero-order chi connectivity index (χ0) is 15.0. The van der Waals surface area contributed by atoms with Gasteiger partial charge in [0.2, 0.25) is 11.8 Å². The van der Waals surface area contributed by atoms with Crippen LogP contribution in [0.1, 0.15) is 41.9 Å². The lowest BCUT2D eigenvalue weighted by molar-refractivity contribution is -0.146. The summed E-state index contributed by atoms with van der Waals surface area (Å²) >= 11 is 1.01. The maximum atomic E-state index is 12.4. The van der Waals surface area contributed by atoms with Gasteiger partial charge < -0.3 is 16.4 Å². The molecule has 2 saturated carbocycles. The van der Waals surface area contributed by atoms with Gasteiger partial charge in [0.1, 0.15) is 10.4 Å². The summed E-state index contributed by atoms with van der Waals surface area (Å²) in [6.45, 7) is 0. The van der Waals surface area contributed by atoms with Crippen molar-refractivity contribution in [3.8, 4) is 0 Å². The van der Waals surface area contributed by atoms with Gasteiger partial charge in [0.05, 0.1) is 6.20 Å². The summed E-state index contributed by atoms with van der Waals surface area (Å²) in [5.74, 6) is -1.15. The second-order valence-electron chi connectivity index (χ2n) is 5.53. The van der Waals surface area contributed by atoms with E-state index >= 15 is 0 Å². The van der Waals surface area contributed by atoms with Crippen molar-refractivity contribution in [2.75, 3.05) is 5.32 Å². The molecule has 0 aliphatic heterocycles. The highest BCUT2D eigenvalue weighted by molar-refractivity contribution is 7.17. The Hall–Kier alpha value is -1.96. The molecule has 0 radical (unpaired) electrons. The summed E-state index contributed by atoms with van der Waals surface area (Å²) < 4.78 is 0. The molecule has 4 N–H and O–H groups in total. The predicted molar refractivity (Wildman–Crippen MR) is 76.7 cm³/mol. The lowest BCUT2D eigenvalue weighted by Gasteiger charge is -2.38. The van der Waals surface area contributed by atoms with Crippen molar-refractivity contribution in [2.24, 2.45) is 11.1 Å². The van der Waals surface area contributed by atoms with Crippen LogP contribution in [-0.4, -0.2) is 28.7 Å². The van der Waals surface area contributed by atoms with Gasteiger partial charge in [-0.3, -0.25) is 14.4 Å². The quantitative estimate of drug-likeness (QED) is 0.692. The number of primary amides is 1. The molecule has 0 spiro atoms. The van der Waals surface area contributed by atoms with E-state index in [1.54, 1.807) is 0 Å². The standard InChI is InChI=1S/C13H16N4O3S/c14-9(18)10-15-6-8(21-10)17-12(20)13(4-1-5-13)11(19)16-7-2-3-7/h6-7H,1-5H2,(H2,14,18)(H,16,19)(H,17,20). The maximum absolute atomic E-state index is 12.4. The van der Waals surface area contributed by atoms with Crippen LogP contribution in [0.5, 0.6) is 0 Å². The van der Waals surface area contributed by atoms with Gasteiger partial charge in [-0.25, -0.2) is 4.98 Å². The molecule has 1 heterocycles. The Bertz CT molecular complexity index is 604. The summed E-state index contributed by atoms with van der Waals surface area (Å²) in [6.07, 6.45) is 5.33. The first-order valence-electron chi connectivity index (χ1n) is 6.89. The number of anilines is 1. The third kappa shape index (κ3) is 2.63. The SMILES string of the molecule is NC(=O)c1ncc(NC(=O)C2(C(=O)NC3CC3)CCC2)s1. The number of carbonyl (C=O) groups excluding carboxylic acids is 3. The Labute approximate surface area is 125 Å². The van der Waals surface area contributed by atoms with Crippen LogP contribution < -0.4 is 16.4 Å². The largest absolute Gasteiger partial charge is 0.364 e. The summed E-state index contributed by atoms with van der Waals surface area (Å²) in [5.41, 5.74) is 4.15.